The fraction of sp³-hybridized carbons (Fsp3) is 0.667. The van der Waals surface area contributed by atoms with Crippen LogP contribution < -0.4 is 5.73 Å². The standard InChI is InChI=1S/C9H14N4O2S2/c1-6-4-13(2-3-15-6)7(14)5-16-9-12-11-8(10)17-9/h6H,2-5H2,1H3,(H2,10,11). The Labute approximate surface area is 108 Å². The third-order valence-electron chi connectivity index (χ3n) is 2.33. The van der Waals surface area contributed by atoms with Gasteiger partial charge >= 0.3 is 0 Å². The van der Waals surface area contributed by atoms with Crippen molar-refractivity contribution in [1.29, 1.82) is 0 Å². The predicted molar refractivity (Wildman–Crippen MR) is 67.0 cm³/mol. The van der Waals surface area contributed by atoms with E-state index in [0.717, 1.165) is 4.34 Å². The maximum absolute atomic E-state index is 11.9. The molecule has 0 spiro atoms. The number of nitrogens with two attached hydrogens (primary N) is 1. The zero-order valence-electron chi connectivity index (χ0n) is 9.46. The molecule has 1 fully saturated rings. The van der Waals surface area contributed by atoms with Crippen molar-refractivity contribution in [2.75, 3.05) is 31.2 Å². The van der Waals surface area contributed by atoms with Crippen LogP contribution in [-0.2, 0) is 9.53 Å². The van der Waals surface area contributed by atoms with E-state index in [4.69, 9.17) is 10.5 Å². The topological polar surface area (TPSA) is 81.3 Å². The van der Waals surface area contributed by atoms with Crippen molar-refractivity contribution in [2.24, 2.45) is 0 Å². The van der Waals surface area contributed by atoms with Crippen LogP contribution in [-0.4, -0.2) is 52.6 Å². The number of carbonyl (C=O) groups is 1. The van der Waals surface area contributed by atoms with Crippen molar-refractivity contribution < 1.29 is 9.53 Å². The number of anilines is 1. The molecule has 0 saturated carbocycles. The van der Waals surface area contributed by atoms with Gasteiger partial charge in [0.2, 0.25) is 11.0 Å². The molecule has 17 heavy (non-hydrogen) atoms. The molecule has 1 amide bonds. The van der Waals surface area contributed by atoms with Crippen molar-refractivity contribution >= 4 is 34.1 Å². The number of aromatic nitrogens is 2. The summed E-state index contributed by atoms with van der Waals surface area (Å²) in [7, 11) is 0. The highest BCUT2D eigenvalue weighted by atomic mass is 32.2. The van der Waals surface area contributed by atoms with E-state index < -0.39 is 0 Å². The Morgan fingerprint density at radius 2 is 2.53 bits per heavy atom. The van der Waals surface area contributed by atoms with Gasteiger partial charge in [0.1, 0.15) is 0 Å². The van der Waals surface area contributed by atoms with Gasteiger partial charge in [-0.3, -0.25) is 4.79 Å². The first-order chi connectivity index (χ1) is 8.15. The summed E-state index contributed by atoms with van der Waals surface area (Å²) in [5, 5.41) is 7.99. The fourth-order valence-electron chi connectivity index (χ4n) is 1.54. The van der Waals surface area contributed by atoms with Gasteiger partial charge < -0.3 is 15.4 Å². The molecule has 2 rings (SSSR count). The monoisotopic (exact) mass is 274 g/mol. The highest BCUT2D eigenvalue weighted by Gasteiger charge is 2.21. The third-order valence-corrected chi connectivity index (χ3v) is 4.21. The Kier molecular flexibility index (Phi) is 4.19. The molecular formula is C9H14N4O2S2. The van der Waals surface area contributed by atoms with Crippen molar-refractivity contribution in [2.45, 2.75) is 17.4 Å². The number of hydrogen-bond acceptors (Lipinski definition) is 7. The molecule has 2 heterocycles. The molecule has 1 saturated heterocycles. The highest BCUT2D eigenvalue weighted by Crippen LogP contribution is 2.23. The summed E-state index contributed by atoms with van der Waals surface area (Å²) < 4.78 is 6.12. The second kappa shape index (κ2) is 5.65. The van der Waals surface area contributed by atoms with Gasteiger partial charge in [0.05, 0.1) is 18.5 Å². The van der Waals surface area contributed by atoms with Gasteiger partial charge in [0, 0.05) is 13.1 Å². The Hall–Kier alpha value is -0.860. The molecule has 0 radical (unpaired) electrons. The average Bonchev–Trinajstić information content (AvgIpc) is 2.72. The number of hydrogen-bond donors (Lipinski definition) is 1. The molecule has 8 heteroatoms. The largest absolute Gasteiger partial charge is 0.375 e. The van der Waals surface area contributed by atoms with Crippen LogP contribution in [0.5, 0.6) is 0 Å². The van der Waals surface area contributed by atoms with E-state index in [1.165, 1.54) is 23.1 Å². The first-order valence-electron chi connectivity index (χ1n) is 5.26. The van der Waals surface area contributed by atoms with E-state index in [1.807, 2.05) is 11.8 Å². The van der Waals surface area contributed by atoms with Crippen molar-refractivity contribution in [3.8, 4) is 0 Å². The van der Waals surface area contributed by atoms with Gasteiger partial charge in [-0.05, 0) is 6.92 Å². The number of amides is 1. The SMILES string of the molecule is CC1CN(C(=O)CSc2nnc(N)s2)CCO1. The van der Waals surface area contributed by atoms with Crippen LogP contribution in [0.4, 0.5) is 5.13 Å². The summed E-state index contributed by atoms with van der Waals surface area (Å²) in [5.74, 6) is 0.486. The van der Waals surface area contributed by atoms with Crippen LogP contribution in [0.15, 0.2) is 4.34 Å². The summed E-state index contributed by atoms with van der Waals surface area (Å²) in [6.07, 6.45) is 0.120. The third kappa shape index (κ3) is 3.55. The first kappa shape index (κ1) is 12.6. The molecule has 1 atom stereocenters. The quantitative estimate of drug-likeness (QED) is 0.806. The van der Waals surface area contributed by atoms with Crippen molar-refractivity contribution in [3.05, 3.63) is 0 Å². The zero-order valence-corrected chi connectivity index (χ0v) is 11.1. The summed E-state index contributed by atoms with van der Waals surface area (Å²) in [4.78, 5) is 13.7. The molecular weight excluding hydrogens is 260 g/mol. The van der Waals surface area contributed by atoms with Crippen LogP contribution in [0.2, 0.25) is 0 Å². The number of morpholine rings is 1. The molecule has 0 aliphatic carbocycles. The Balaban J connectivity index is 1.80. The molecule has 0 aromatic carbocycles. The van der Waals surface area contributed by atoms with E-state index in [-0.39, 0.29) is 12.0 Å². The minimum Gasteiger partial charge on any atom is -0.375 e. The lowest BCUT2D eigenvalue weighted by Crippen LogP contribution is -2.45. The summed E-state index contributed by atoms with van der Waals surface area (Å²) in [5.41, 5.74) is 5.47. The summed E-state index contributed by atoms with van der Waals surface area (Å²) in [6, 6.07) is 0. The van der Waals surface area contributed by atoms with E-state index in [9.17, 15) is 4.79 Å². The number of ether oxygens (including phenoxy) is 1. The van der Waals surface area contributed by atoms with Crippen molar-refractivity contribution in [1.82, 2.24) is 15.1 Å². The van der Waals surface area contributed by atoms with E-state index >= 15 is 0 Å². The second-order valence-corrected chi connectivity index (χ2v) is 5.95. The zero-order chi connectivity index (χ0) is 12.3. The second-order valence-electron chi connectivity index (χ2n) is 3.72. The van der Waals surface area contributed by atoms with Crippen LogP contribution >= 0.6 is 23.1 Å². The molecule has 94 valence electrons. The molecule has 6 nitrogen and oxygen atoms in total. The Morgan fingerprint density at radius 3 is 3.18 bits per heavy atom. The Morgan fingerprint density at radius 1 is 1.71 bits per heavy atom. The van der Waals surface area contributed by atoms with E-state index in [2.05, 4.69) is 10.2 Å². The minimum absolute atomic E-state index is 0.110. The first-order valence-corrected chi connectivity index (χ1v) is 7.06. The number of carbonyl (C=O) groups excluding carboxylic acids is 1. The lowest BCUT2D eigenvalue weighted by atomic mass is 10.3. The molecule has 2 N–H and O–H groups in total. The van der Waals surface area contributed by atoms with Gasteiger partial charge in [0.15, 0.2) is 4.34 Å². The smallest absolute Gasteiger partial charge is 0.233 e. The lowest BCUT2D eigenvalue weighted by molar-refractivity contribution is -0.135. The maximum Gasteiger partial charge on any atom is 0.233 e. The van der Waals surface area contributed by atoms with E-state index in [1.54, 1.807) is 0 Å². The van der Waals surface area contributed by atoms with E-state index in [0.29, 0.717) is 30.6 Å². The van der Waals surface area contributed by atoms with Gasteiger partial charge in [0.25, 0.3) is 0 Å². The Bertz CT molecular complexity index is 398. The average molecular weight is 274 g/mol. The van der Waals surface area contributed by atoms with Gasteiger partial charge in [-0.2, -0.15) is 0 Å². The van der Waals surface area contributed by atoms with Crippen LogP contribution in [0, 0.1) is 0 Å². The number of rotatable bonds is 3. The molecule has 1 unspecified atom stereocenters. The number of thioether (sulfide) groups is 1. The molecule has 1 aromatic heterocycles. The van der Waals surface area contributed by atoms with Crippen LogP contribution in [0.25, 0.3) is 0 Å². The van der Waals surface area contributed by atoms with Crippen LogP contribution in [0.3, 0.4) is 0 Å². The van der Waals surface area contributed by atoms with Gasteiger partial charge in [-0.25, -0.2) is 0 Å². The maximum atomic E-state index is 11.9. The minimum atomic E-state index is 0.110. The normalized spacial score (nSPS) is 20.5. The lowest BCUT2D eigenvalue weighted by Gasteiger charge is -2.31. The predicted octanol–water partition coefficient (Wildman–Crippen LogP) is 0.460. The van der Waals surface area contributed by atoms with Gasteiger partial charge in [-0.15, -0.1) is 10.2 Å². The molecule has 1 aliphatic heterocycles. The summed E-state index contributed by atoms with van der Waals surface area (Å²) in [6.45, 7) is 3.92. The molecule has 1 aromatic rings. The number of nitrogen functional groups attached to an aromatic ring is 1. The van der Waals surface area contributed by atoms with Crippen LogP contribution in [0.1, 0.15) is 6.92 Å². The van der Waals surface area contributed by atoms with Gasteiger partial charge in [-0.1, -0.05) is 23.1 Å². The number of nitrogens with zero attached hydrogens (tertiary/aromatic N) is 3. The summed E-state index contributed by atoms with van der Waals surface area (Å²) >= 11 is 2.68. The van der Waals surface area contributed by atoms with Crippen molar-refractivity contribution in [3.63, 3.8) is 0 Å². The fourth-order valence-corrected chi connectivity index (χ4v) is 3.08. The molecule has 1 aliphatic rings. The highest BCUT2D eigenvalue weighted by molar-refractivity contribution is 8.01. The molecule has 0 bridgehead atoms.